The number of halogens is 1. The zero-order valence-corrected chi connectivity index (χ0v) is 9.21. The van der Waals surface area contributed by atoms with Crippen molar-refractivity contribution in [1.82, 2.24) is 5.32 Å². The van der Waals surface area contributed by atoms with Crippen molar-refractivity contribution in [2.24, 2.45) is 0 Å². The summed E-state index contributed by atoms with van der Waals surface area (Å²) in [6.07, 6.45) is 2.52. The van der Waals surface area contributed by atoms with Crippen molar-refractivity contribution in [2.45, 2.75) is 18.9 Å². The molecule has 1 N–H and O–H groups in total. The fourth-order valence-electron chi connectivity index (χ4n) is 1.37. The van der Waals surface area contributed by atoms with Gasteiger partial charge in [0.25, 0.3) is 0 Å². The molecule has 0 heterocycles. The predicted octanol–water partition coefficient (Wildman–Crippen LogP) is 2.51. The minimum absolute atomic E-state index is 0.279. The zero-order chi connectivity index (χ0) is 11.4. The number of ether oxygens (including phenoxy) is 1. The Hall–Kier alpha value is -1.35. The summed E-state index contributed by atoms with van der Waals surface area (Å²) in [5, 5.41) is 3.35. The van der Waals surface area contributed by atoms with Gasteiger partial charge in [-0.25, -0.2) is 4.39 Å². The zero-order valence-electron chi connectivity index (χ0n) is 9.21. The fraction of sp³-hybridized carbons (Fsp3) is 0.385. The third kappa shape index (κ3) is 3.66. The first-order valence-corrected chi connectivity index (χ1v) is 5.52. The highest BCUT2D eigenvalue weighted by molar-refractivity contribution is 5.23. The van der Waals surface area contributed by atoms with Crippen LogP contribution in [0, 0.1) is 5.82 Å². The molecule has 0 bridgehead atoms. The van der Waals surface area contributed by atoms with Gasteiger partial charge in [-0.2, -0.15) is 0 Å². The van der Waals surface area contributed by atoms with Gasteiger partial charge in [0, 0.05) is 18.7 Å². The van der Waals surface area contributed by atoms with E-state index >= 15 is 0 Å². The number of rotatable bonds is 6. The molecule has 0 aliphatic heterocycles. The van der Waals surface area contributed by atoms with Gasteiger partial charge in [0.1, 0.15) is 18.2 Å². The Bertz CT molecular complexity index is 374. The van der Waals surface area contributed by atoms with Crippen molar-refractivity contribution >= 4 is 0 Å². The summed E-state index contributed by atoms with van der Waals surface area (Å²) in [5.74, 6) is 0.270. The largest absolute Gasteiger partial charge is 0.489 e. The topological polar surface area (TPSA) is 21.3 Å². The maximum Gasteiger partial charge on any atom is 0.126 e. The second-order valence-corrected chi connectivity index (χ2v) is 4.15. The molecule has 3 heteroatoms. The van der Waals surface area contributed by atoms with E-state index in [9.17, 15) is 4.39 Å². The lowest BCUT2D eigenvalue weighted by Gasteiger charge is -2.09. The number of hydrogen-bond acceptors (Lipinski definition) is 2. The van der Waals surface area contributed by atoms with Gasteiger partial charge in [-0.15, -0.1) is 0 Å². The van der Waals surface area contributed by atoms with Gasteiger partial charge in [0.2, 0.25) is 0 Å². The molecule has 1 aromatic carbocycles. The standard InChI is InChI=1S/C13H16FNO/c1-10(8-15-12-5-6-12)9-16-13-4-2-3-11(14)7-13/h2-4,7,12,15H,1,5-6,8-9H2. The van der Waals surface area contributed by atoms with E-state index in [0.717, 1.165) is 12.1 Å². The van der Waals surface area contributed by atoms with Crippen LogP contribution in [0.1, 0.15) is 12.8 Å². The first kappa shape index (κ1) is 11.1. The van der Waals surface area contributed by atoms with Gasteiger partial charge >= 0.3 is 0 Å². The first-order chi connectivity index (χ1) is 7.74. The van der Waals surface area contributed by atoms with Crippen molar-refractivity contribution < 1.29 is 9.13 Å². The summed E-state index contributed by atoms with van der Waals surface area (Å²) in [6, 6.07) is 6.82. The molecule has 86 valence electrons. The van der Waals surface area contributed by atoms with E-state index in [4.69, 9.17) is 4.74 Å². The first-order valence-electron chi connectivity index (χ1n) is 5.52. The highest BCUT2D eigenvalue weighted by atomic mass is 19.1. The number of benzene rings is 1. The molecule has 1 aromatic rings. The molecule has 2 nitrogen and oxygen atoms in total. The predicted molar refractivity (Wildman–Crippen MR) is 62.1 cm³/mol. The van der Waals surface area contributed by atoms with Crippen LogP contribution in [-0.2, 0) is 0 Å². The minimum Gasteiger partial charge on any atom is -0.489 e. The molecule has 0 unspecified atom stereocenters. The summed E-state index contributed by atoms with van der Waals surface area (Å²) in [6.45, 7) is 5.12. The number of hydrogen-bond donors (Lipinski definition) is 1. The van der Waals surface area contributed by atoms with E-state index in [0.29, 0.717) is 18.4 Å². The van der Waals surface area contributed by atoms with Gasteiger partial charge in [-0.05, 0) is 30.5 Å². The molecule has 0 amide bonds. The van der Waals surface area contributed by atoms with Crippen LogP contribution in [0.3, 0.4) is 0 Å². The van der Waals surface area contributed by atoms with Gasteiger partial charge in [-0.3, -0.25) is 0 Å². The summed E-state index contributed by atoms with van der Waals surface area (Å²) in [4.78, 5) is 0. The lowest BCUT2D eigenvalue weighted by Crippen LogP contribution is -2.21. The summed E-state index contributed by atoms with van der Waals surface area (Å²) < 4.78 is 18.3. The number of nitrogens with one attached hydrogen (secondary N) is 1. The van der Waals surface area contributed by atoms with Gasteiger partial charge in [0.15, 0.2) is 0 Å². The second kappa shape index (κ2) is 5.12. The Balaban J connectivity index is 1.71. The normalized spacial score (nSPS) is 14.8. The molecule has 0 saturated heterocycles. The van der Waals surface area contributed by atoms with Crippen molar-refractivity contribution in [3.63, 3.8) is 0 Å². The molecule has 1 saturated carbocycles. The third-order valence-corrected chi connectivity index (χ3v) is 2.46. The van der Waals surface area contributed by atoms with E-state index in [-0.39, 0.29) is 5.82 Å². The Morgan fingerprint density at radius 3 is 3.00 bits per heavy atom. The van der Waals surface area contributed by atoms with Crippen molar-refractivity contribution in [3.05, 3.63) is 42.2 Å². The molecule has 0 spiro atoms. The average Bonchev–Trinajstić information content (AvgIpc) is 3.07. The van der Waals surface area contributed by atoms with E-state index in [1.54, 1.807) is 12.1 Å². The minimum atomic E-state index is -0.279. The van der Waals surface area contributed by atoms with E-state index in [1.165, 1.54) is 25.0 Å². The van der Waals surface area contributed by atoms with Crippen LogP contribution in [0.4, 0.5) is 4.39 Å². The molecule has 1 aliphatic carbocycles. The van der Waals surface area contributed by atoms with Crippen LogP contribution in [0.5, 0.6) is 5.75 Å². The lowest BCUT2D eigenvalue weighted by atomic mass is 10.3. The van der Waals surface area contributed by atoms with Crippen LogP contribution in [0.25, 0.3) is 0 Å². The highest BCUT2D eigenvalue weighted by Crippen LogP contribution is 2.18. The average molecular weight is 221 g/mol. The molecule has 0 aromatic heterocycles. The van der Waals surface area contributed by atoms with Crippen molar-refractivity contribution in [1.29, 1.82) is 0 Å². The molecule has 1 aliphatic rings. The van der Waals surface area contributed by atoms with Gasteiger partial charge in [0.05, 0.1) is 0 Å². The van der Waals surface area contributed by atoms with Gasteiger partial charge < -0.3 is 10.1 Å². The van der Waals surface area contributed by atoms with Crippen molar-refractivity contribution in [2.75, 3.05) is 13.2 Å². The van der Waals surface area contributed by atoms with Crippen LogP contribution < -0.4 is 10.1 Å². The van der Waals surface area contributed by atoms with E-state index in [2.05, 4.69) is 11.9 Å². The van der Waals surface area contributed by atoms with Crippen molar-refractivity contribution in [3.8, 4) is 5.75 Å². The van der Waals surface area contributed by atoms with Crippen LogP contribution in [0.15, 0.2) is 36.4 Å². The summed E-state index contributed by atoms with van der Waals surface area (Å²) >= 11 is 0. The molecular formula is C13H16FNO. The Kier molecular flexibility index (Phi) is 3.57. The molecule has 2 rings (SSSR count). The molecule has 16 heavy (non-hydrogen) atoms. The maximum absolute atomic E-state index is 12.8. The molecule has 0 atom stereocenters. The molecular weight excluding hydrogens is 205 g/mol. The fourth-order valence-corrected chi connectivity index (χ4v) is 1.37. The Morgan fingerprint density at radius 1 is 1.50 bits per heavy atom. The van der Waals surface area contributed by atoms with Gasteiger partial charge in [-0.1, -0.05) is 12.6 Å². The monoisotopic (exact) mass is 221 g/mol. The Labute approximate surface area is 95.1 Å². The van der Waals surface area contributed by atoms with Crippen LogP contribution >= 0.6 is 0 Å². The van der Waals surface area contributed by atoms with E-state index in [1.807, 2.05) is 0 Å². The smallest absolute Gasteiger partial charge is 0.126 e. The van der Waals surface area contributed by atoms with E-state index < -0.39 is 0 Å². The second-order valence-electron chi connectivity index (χ2n) is 4.15. The molecule has 1 fully saturated rings. The molecule has 0 radical (unpaired) electrons. The van der Waals surface area contributed by atoms with Crippen LogP contribution in [0.2, 0.25) is 0 Å². The van der Waals surface area contributed by atoms with Crippen LogP contribution in [-0.4, -0.2) is 19.2 Å². The summed E-state index contributed by atoms with van der Waals surface area (Å²) in [5.41, 5.74) is 0.983. The lowest BCUT2D eigenvalue weighted by molar-refractivity contribution is 0.346. The summed E-state index contributed by atoms with van der Waals surface area (Å²) in [7, 11) is 0. The SMILES string of the molecule is C=C(CNC1CC1)COc1cccc(F)c1. The quantitative estimate of drug-likeness (QED) is 0.745. The third-order valence-electron chi connectivity index (χ3n) is 2.46. The Morgan fingerprint density at radius 2 is 2.31 bits per heavy atom. The highest BCUT2D eigenvalue weighted by Gasteiger charge is 2.19. The maximum atomic E-state index is 12.8.